The van der Waals surface area contributed by atoms with Gasteiger partial charge in [0.25, 0.3) is 0 Å². The van der Waals surface area contributed by atoms with Crippen molar-refractivity contribution in [2.75, 3.05) is 32.0 Å². The number of rotatable bonds is 3. The molecule has 1 N–H and O–H groups in total. The third-order valence-corrected chi connectivity index (χ3v) is 4.71. The molecule has 2 aliphatic rings. The maximum atomic E-state index is 12.0. The Labute approximate surface area is 95.0 Å². The van der Waals surface area contributed by atoms with Crippen LogP contribution in [0.15, 0.2) is 0 Å². The normalized spacial score (nSPS) is 28.0. The topological polar surface area (TPSA) is 75.7 Å². The number of piperazine rings is 1. The van der Waals surface area contributed by atoms with E-state index in [0.29, 0.717) is 19.7 Å². The predicted octanol–water partition coefficient (Wildman–Crippen LogP) is -1.07. The van der Waals surface area contributed by atoms with Crippen molar-refractivity contribution in [1.29, 1.82) is 0 Å². The lowest BCUT2D eigenvalue weighted by Gasteiger charge is -2.26. The summed E-state index contributed by atoms with van der Waals surface area (Å²) in [6.45, 7) is 1.33. The van der Waals surface area contributed by atoms with Gasteiger partial charge >= 0.3 is 0 Å². The van der Waals surface area contributed by atoms with Crippen molar-refractivity contribution in [2.24, 2.45) is 0 Å². The molecule has 16 heavy (non-hydrogen) atoms. The number of nitrogens with one attached hydrogen (secondary N) is 1. The average molecular weight is 248 g/mol. The molecule has 7 heteroatoms. The molecule has 2 rings (SSSR count). The third kappa shape index (κ3) is 2.72. The Hall–Kier alpha value is -0.660. The smallest absolute Gasteiger partial charge is 0.235 e. The molecule has 0 aromatic rings. The maximum absolute atomic E-state index is 12.0. The van der Waals surface area contributed by atoms with Gasteiger partial charge in [0.15, 0.2) is 0 Å². The monoisotopic (exact) mass is 248 g/mol. The first kappa shape index (κ1) is 11.8. The first-order valence-corrected chi connectivity index (χ1v) is 7.05. The molecular weight excluding hydrogens is 232 g/mol. The van der Waals surface area contributed by atoms with E-state index in [9.17, 15) is 13.2 Å². The fourth-order valence-corrected chi connectivity index (χ4v) is 3.60. The molecule has 2 fully saturated rings. The molecule has 1 unspecified atom stereocenters. The minimum atomic E-state index is -3.35. The number of carbonyl (C=O) groups is 1. The second-order valence-electron chi connectivity index (χ2n) is 4.10. The van der Waals surface area contributed by atoms with Gasteiger partial charge in [-0.05, 0) is 12.8 Å². The molecule has 2 saturated heterocycles. The van der Waals surface area contributed by atoms with Crippen molar-refractivity contribution in [3.8, 4) is 0 Å². The van der Waals surface area contributed by atoms with Crippen molar-refractivity contribution in [1.82, 2.24) is 9.62 Å². The summed E-state index contributed by atoms with van der Waals surface area (Å²) in [5.74, 6) is -0.234. The van der Waals surface area contributed by atoms with Crippen molar-refractivity contribution < 1.29 is 17.9 Å². The number of amides is 1. The highest BCUT2D eigenvalue weighted by Crippen LogP contribution is 2.16. The van der Waals surface area contributed by atoms with Gasteiger partial charge in [0.2, 0.25) is 15.9 Å². The van der Waals surface area contributed by atoms with Crippen LogP contribution >= 0.6 is 0 Å². The molecule has 92 valence electrons. The van der Waals surface area contributed by atoms with E-state index in [-0.39, 0.29) is 24.3 Å². The van der Waals surface area contributed by atoms with E-state index in [4.69, 9.17) is 4.74 Å². The van der Waals surface area contributed by atoms with Crippen LogP contribution in [0, 0.1) is 0 Å². The predicted molar refractivity (Wildman–Crippen MR) is 57.3 cm³/mol. The summed E-state index contributed by atoms with van der Waals surface area (Å²) >= 11 is 0. The van der Waals surface area contributed by atoms with Crippen LogP contribution in [0.25, 0.3) is 0 Å². The second-order valence-corrected chi connectivity index (χ2v) is 6.11. The number of nitrogens with zero attached hydrogens (tertiary/aromatic N) is 1. The lowest BCUT2D eigenvalue weighted by atomic mass is 10.3. The van der Waals surface area contributed by atoms with Crippen molar-refractivity contribution in [3.63, 3.8) is 0 Å². The Morgan fingerprint density at radius 3 is 2.94 bits per heavy atom. The van der Waals surface area contributed by atoms with E-state index >= 15 is 0 Å². The van der Waals surface area contributed by atoms with Crippen LogP contribution in [0.4, 0.5) is 0 Å². The molecule has 1 atom stereocenters. The summed E-state index contributed by atoms with van der Waals surface area (Å²) in [5, 5.41) is 2.60. The Kier molecular flexibility index (Phi) is 3.46. The van der Waals surface area contributed by atoms with Gasteiger partial charge in [-0.1, -0.05) is 0 Å². The Morgan fingerprint density at radius 2 is 2.31 bits per heavy atom. The van der Waals surface area contributed by atoms with Crippen LogP contribution in [0.2, 0.25) is 0 Å². The Bertz CT molecular complexity index is 362. The molecule has 1 amide bonds. The molecule has 6 nitrogen and oxygen atoms in total. The minimum absolute atomic E-state index is 0.000278. The van der Waals surface area contributed by atoms with E-state index in [2.05, 4.69) is 5.32 Å². The Morgan fingerprint density at radius 1 is 1.50 bits per heavy atom. The molecule has 0 bridgehead atoms. The molecule has 2 heterocycles. The number of carbonyl (C=O) groups excluding carboxylic acids is 1. The van der Waals surface area contributed by atoms with E-state index in [1.807, 2.05) is 0 Å². The molecule has 0 spiro atoms. The Balaban J connectivity index is 1.97. The zero-order valence-electron chi connectivity index (χ0n) is 9.02. The van der Waals surface area contributed by atoms with Crippen molar-refractivity contribution in [2.45, 2.75) is 18.9 Å². The molecule has 0 radical (unpaired) electrons. The summed E-state index contributed by atoms with van der Waals surface area (Å²) < 4.78 is 30.4. The summed E-state index contributed by atoms with van der Waals surface area (Å²) in [4.78, 5) is 11.1. The zero-order valence-corrected chi connectivity index (χ0v) is 9.83. The van der Waals surface area contributed by atoms with Crippen LogP contribution in [0.1, 0.15) is 12.8 Å². The quantitative estimate of drug-likeness (QED) is 0.690. The van der Waals surface area contributed by atoms with Crippen molar-refractivity contribution >= 4 is 15.9 Å². The summed E-state index contributed by atoms with van der Waals surface area (Å²) in [5.41, 5.74) is 0. The van der Waals surface area contributed by atoms with Gasteiger partial charge in [-0.25, -0.2) is 8.42 Å². The lowest BCUT2D eigenvalue weighted by Crippen LogP contribution is -2.51. The molecule has 0 aromatic heterocycles. The molecule has 0 aromatic carbocycles. The number of hydrogen-bond donors (Lipinski definition) is 1. The van der Waals surface area contributed by atoms with Gasteiger partial charge in [-0.3, -0.25) is 4.79 Å². The van der Waals surface area contributed by atoms with Crippen molar-refractivity contribution in [3.05, 3.63) is 0 Å². The third-order valence-electron chi connectivity index (χ3n) is 2.82. The second kappa shape index (κ2) is 4.68. The lowest BCUT2D eigenvalue weighted by molar-refractivity contribution is -0.122. The highest BCUT2D eigenvalue weighted by Gasteiger charge is 2.31. The standard InChI is InChI=1S/C9H16N2O4S/c12-9-6-11(4-3-10-9)16(13,14)7-8-2-1-5-15-8/h8H,1-7H2,(H,10,12). The van der Waals surface area contributed by atoms with E-state index < -0.39 is 10.0 Å². The van der Waals surface area contributed by atoms with Gasteiger partial charge in [0.1, 0.15) is 0 Å². The van der Waals surface area contributed by atoms with E-state index in [1.165, 1.54) is 4.31 Å². The van der Waals surface area contributed by atoms with Gasteiger partial charge in [0.05, 0.1) is 18.4 Å². The number of hydrogen-bond acceptors (Lipinski definition) is 4. The van der Waals surface area contributed by atoms with Crippen LogP contribution in [-0.4, -0.2) is 56.7 Å². The average Bonchev–Trinajstić information content (AvgIpc) is 2.70. The highest BCUT2D eigenvalue weighted by atomic mass is 32.2. The van der Waals surface area contributed by atoms with E-state index in [1.54, 1.807) is 0 Å². The summed E-state index contributed by atoms with van der Waals surface area (Å²) in [6, 6.07) is 0. The fourth-order valence-electron chi connectivity index (χ4n) is 1.97. The van der Waals surface area contributed by atoms with Gasteiger partial charge in [-0.15, -0.1) is 0 Å². The summed E-state index contributed by atoms with van der Waals surface area (Å²) in [7, 11) is -3.35. The zero-order chi connectivity index (χ0) is 11.6. The van der Waals surface area contributed by atoms with Gasteiger partial charge in [-0.2, -0.15) is 4.31 Å². The molecule has 0 saturated carbocycles. The molecule has 2 aliphatic heterocycles. The van der Waals surface area contributed by atoms with Crippen LogP contribution in [0.3, 0.4) is 0 Å². The SMILES string of the molecule is O=C1CN(S(=O)(=O)CC2CCCO2)CCN1. The van der Waals surface area contributed by atoms with Crippen LogP contribution in [-0.2, 0) is 19.6 Å². The molecule has 0 aliphatic carbocycles. The molecular formula is C9H16N2O4S. The van der Waals surface area contributed by atoms with Crippen LogP contribution < -0.4 is 5.32 Å². The highest BCUT2D eigenvalue weighted by molar-refractivity contribution is 7.89. The number of ether oxygens (including phenoxy) is 1. The van der Waals surface area contributed by atoms with E-state index in [0.717, 1.165) is 12.8 Å². The van der Waals surface area contributed by atoms with Gasteiger partial charge < -0.3 is 10.1 Å². The first-order chi connectivity index (χ1) is 7.58. The first-order valence-electron chi connectivity index (χ1n) is 5.44. The fraction of sp³-hybridized carbons (Fsp3) is 0.889. The maximum Gasteiger partial charge on any atom is 0.235 e. The van der Waals surface area contributed by atoms with Crippen LogP contribution in [0.5, 0.6) is 0 Å². The number of sulfonamides is 1. The van der Waals surface area contributed by atoms with Gasteiger partial charge in [0, 0.05) is 19.7 Å². The summed E-state index contributed by atoms with van der Waals surface area (Å²) in [6.07, 6.45) is 1.51. The largest absolute Gasteiger partial charge is 0.377 e. The minimum Gasteiger partial charge on any atom is -0.377 e.